The van der Waals surface area contributed by atoms with E-state index in [1.165, 1.54) is 12.8 Å². The number of likely N-dealkylation sites (tertiary alicyclic amines) is 1. The Bertz CT molecular complexity index is 149. The molecule has 1 aliphatic rings. The van der Waals surface area contributed by atoms with Gasteiger partial charge in [-0.1, -0.05) is 12.8 Å². The molecule has 0 aromatic rings. The molecule has 0 saturated carbocycles. The first-order valence-corrected chi connectivity index (χ1v) is 4.76. The third kappa shape index (κ3) is 2.48. The summed E-state index contributed by atoms with van der Waals surface area (Å²) < 4.78 is 0. The van der Waals surface area contributed by atoms with E-state index in [1.54, 1.807) is 6.92 Å². The van der Waals surface area contributed by atoms with Crippen LogP contribution in [0.2, 0.25) is 0 Å². The summed E-state index contributed by atoms with van der Waals surface area (Å²) in [5.41, 5.74) is 5.53. The lowest BCUT2D eigenvalue weighted by molar-refractivity contribution is -0.132. The molecular weight excluding hydrogens is 152 g/mol. The van der Waals surface area contributed by atoms with Crippen molar-refractivity contribution in [3.8, 4) is 0 Å². The van der Waals surface area contributed by atoms with Crippen molar-refractivity contribution in [2.45, 2.75) is 38.6 Å². The number of nitrogens with zero attached hydrogens (tertiary/aromatic N) is 1. The van der Waals surface area contributed by atoms with E-state index in [0.29, 0.717) is 0 Å². The van der Waals surface area contributed by atoms with Gasteiger partial charge >= 0.3 is 0 Å². The molecule has 3 heteroatoms. The van der Waals surface area contributed by atoms with Crippen molar-refractivity contribution in [1.82, 2.24) is 4.90 Å². The van der Waals surface area contributed by atoms with E-state index in [4.69, 9.17) is 5.73 Å². The van der Waals surface area contributed by atoms with E-state index >= 15 is 0 Å². The highest BCUT2D eigenvalue weighted by Crippen LogP contribution is 2.10. The summed E-state index contributed by atoms with van der Waals surface area (Å²) in [7, 11) is 0. The average Bonchev–Trinajstić information content (AvgIpc) is 2.30. The number of rotatable bonds is 1. The van der Waals surface area contributed by atoms with Crippen LogP contribution in [-0.2, 0) is 4.79 Å². The van der Waals surface area contributed by atoms with Gasteiger partial charge in [0.05, 0.1) is 6.04 Å². The first kappa shape index (κ1) is 9.52. The van der Waals surface area contributed by atoms with Gasteiger partial charge < -0.3 is 10.6 Å². The zero-order valence-electron chi connectivity index (χ0n) is 7.75. The fraction of sp³-hybridized carbons (Fsp3) is 0.889. The van der Waals surface area contributed by atoms with Crippen LogP contribution in [0.4, 0.5) is 0 Å². The number of carbonyl (C=O) groups excluding carboxylic acids is 1. The SMILES string of the molecule is C[C@@H](N)C(=O)N1CCCCCC1. The maximum absolute atomic E-state index is 11.5. The minimum atomic E-state index is -0.330. The van der Waals surface area contributed by atoms with E-state index in [0.717, 1.165) is 25.9 Å². The fourth-order valence-corrected chi connectivity index (χ4v) is 1.58. The number of carbonyl (C=O) groups is 1. The molecule has 70 valence electrons. The van der Waals surface area contributed by atoms with Gasteiger partial charge in [-0.25, -0.2) is 0 Å². The molecule has 1 amide bonds. The lowest BCUT2D eigenvalue weighted by Gasteiger charge is -2.21. The molecule has 1 heterocycles. The van der Waals surface area contributed by atoms with E-state index in [1.807, 2.05) is 4.90 Å². The van der Waals surface area contributed by atoms with Crippen molar-refractivity contribution in [2.24, 2.45) is 5.73 Å². The maximum Gasteiger partial charge on any atom is 0.239 e. The number of hydrogen-bond acceptors (Lipinski definition) is 2. The van der Waals surface area contributed by atoms with Gasteiger partial charge in [0, 0.05) is 13.1 Å². The number of hydrogen-bond donors (Lipinski definition) is 1. The summed E-state index contributed by atoms with van der Waals surface area (Å²) in [6, 6.07) is -0.330. The summed E-state index contributed by atoms with van der Waals surface area (Å²) in [6.07, 6.45) is 4.78. The smallest absolute Gasteiger partial charge is 0.239 e. The highest BCUT2D eigenvalue weighted by atomic mass is 16.2. The third-order valence-electron chi connectivity index (χ3n) is 2.31. The van der Waals surface area contributed by atoms with Crippen LogP contribution in [0.3, 0.4) is 0 Å². The van der Waals surface area contributed by atoms with Gasteiger partial charge in [0.2, 0.25) is 5.91 Å². The Labute approximate surface area is 73.9 Å². The number of nitrogens with two attached hydrogens (primary N) is 1. The van der Waals surface area contributed by atoms with E-state index in [2.05, 4.69) is 0 Å². The van der Waals surface area contributed by atoms with Crippen LogP contribution in [0.25, 0.3) is 0 Å². The standard InChI is InChI=1S/C9H18N2O/c1-8(10)9(12)11-6-4-2-3-5-7-11/h8H,2-7,10H2,1H3/t8-/m1/s1. The quantitative estimate of drug-likeness (QED) is 0.630. The molecular formula is C9H18N2O. The Morgan fingerprint density at radius 2 is 1.75 bits per heavy atom. The van der Waals surface area contributed by atoms with Gasteiger partial charge in [-0.05, 0) is 19.8 Å². The third-order valence-corrected chi connectivity index (χ3v) is 2.31. The van der Waals surface area contributed by atoms with Gasteiger partial charge in [0.25, 0.3) is 0 Å². The molecule has 0 aromatic carbocycles. The maximum atomic E-state index is 11.5. The lowest BCUT2D eigenvalue weighted by Crippen LogP contribution is -2.42. The van der Waals surface area contributed by atoms with Crippen molar-refractivity contribution >= 4 is 5.91 Å². The monoisotopic (exact) mass is 170 g/mol. The normalized spacial score (nSPS) is 21.7. The molecule has 0 aliphatic carbocycles. The first-order valence-electron chi connectivity index (χ1n) is 4.76. The summed E-state index contributed by atoms with van der Waals surface area (Å²) >= 11 is 0. The van der Waals surface area contributed by atoms with Crippen LogP contribution >= 0.6 is 0 Å². The van der Waals surface area contributed by atoms with E-state index < -0.39 is 0 Å². The lowest BCUT2D eigenvalue weighted by atomic mass is 10.2. The Morgan fingerprint density at radius 3 is 2.17 bits per heavy atom. The zero-order chi connectivity index (χ0) is 8.97. The molecule has 0 radical (unpaired) electrons. The molecule has 2 N–H and O–H groups in total. The zero-order valence-corrected chi connectivity index (χ0v) is 7.75. The van der Waals surface area contributed by atoms with E-state index in [-0.39, 0.29) is 11.9 Å². The summed E-state index contributed by atoms with van der Waals surface area (Å²) in [6.45, 7) is 3.56. The van der Waals surface area contributed by atoms with Crippen molar-refractivity contribution in [3.63, 3.8) is 0 Å². The molecule has 1 fully saturated rings. The number of amides is 1. The molecule has 0 unspecified atom stereocenters. The minimum absolute atomic E-state index is 0.108. The fourth-order valence-electron chi connectivity index (χ4n) is 1.58. The van der Waals surface area contributed by atoms with Crippen molar-refractivity contribution < 1.29 is 4.79 Å². The summed E-state index contributed by atoms with van der Waals surface area (Å²) in [4.78, 5) is 13.4. The van der Waals surface area contributed by atoms with Crippen molar-refractivity contribution in [2.75, 3.05) is 13.1 Å². The molecule has 0 aromatic heterocycles. The largest absolute Gasteiger partial charge is 0.341 e. The van der Waals surface area contributed by atoms with Crippen LogP contribution < -0.4 is 5.73 Å². The van der Waals surface area contributed by atoms with Crippen LogP contribution in [0.1, 0.15) is 32.6 Å². The second-order valence-corrected chi connectivity index (χ2v) is 3.53. The summed E-state index contributed by atoms with van der Waals surface area (Å²) in [5, 5.41) is 0. The Hall–Kier alpha value is -0.570. The Kier molecular flexibility index (Phi) is 3.53. The van der Waals surface area contributed by atoms with Crippen LogP contribution in [0, 0.1) is 0 Å². The molecule has 12 heavy (non-hydrogen) atoms. The molecule has 1 rings (SSSR count). The summed E-state index contributed by atoms with van der Waals surface area (Å²) in [5.74, 6) is 0.108. The Balaban J connectivity index is 2.43. The molecule has 1 atom stereocenters. The van der Waals surface area contributed by atoms with Crippen molar-refractivity contribution in [1.29, 1.82) is 0 Å². The van der Waals surface area contributed by atoms with Gasteiger partial charge in [0.1, 0.15) is 0 Å². The van der Waals surface area contributed by atoms with Crippen LogP contribution in [0.5, 0.6) is 0 Å². The van der Waals surface area contributed by atoms with Gasteiger partial charge in [-0.3, -0.25) is 4.79 Å². The first-order chi connectivity index (χ1) is 5.72. The van der Waals surface area contributed by atoms with Gasteiger partial charge in [0.15, 0.2) is 0 Å². The minimum Gasteiger partial charge on any atom is -0.341 e. The van der Waals surface area contributed by atoms with Crippen molar-refractivity contribution in [3.05, 3.63) is 0 Å². The molecule has 1 saturated heterocycles. The second kappa shape index (κ2) is 4.45. The topological polar surface area (TPSA) is 46.3 Å². The molecule has 1 aliphatic heterocycles. The van der Waals surface area contributed by atoms with E-state index in [9.17, 15) is 4.79 Å². The van der Waals surface area contributed by atoms with Gasteiger partial charge in [-0.2, -0.15) is 0 Å². The Morgan fingerprint density at radius 1 is 1.25 bits per heavy atom. The average molecular weight is 170 g/mol. The molecule has 0 spiro atoms. The van der Waals surface area contributed by atoms with Crippen LogP contribution in [0.15, 0.2) is 0 Å². The molecule has 3 nitrogen and oxygen atoms in total. The second-order valence-electron chi connectivity index (χ2n) is 3.53. The van der Waals surface area contributed by atoms with Gasteiger partial charge in [-0.15, -0.1) is 0 Å². The highest BCUT2D eigenvalue weighted by Gasteiger charge is 2.17. The predicted molar refractivity (Wildman–Crippen MR) is 48.7 cm³/mol. The highest BCUT2D eigenvalue weighted by molar-refractivity contribution is 5.81. The molecule has 0 bridgehead atoms. The predicted octanol–water partition coefficient (Wildman–Crippen LogP) is 0.736. The van der Waals surface area contributed by atoms with Crippen LogP contribution in [-0.4, -0.2) is 29.9 Å².